The van der Waals surface area contributed by atoms with Crippen molar-refractivity contribution in [3.63, 3.8) is 0 Å². The molecule has 144 valence electrons. The third kappa shape index (κ3) is 3.31. The average Bonchev–Trinajstić information content (AvgIpc) is 3.35. The molecule has 2 heterocycles. The lowest BCUT2D eigenvalue weighted by Gasteiger charge is -2.16. The number of aromatic nitrogens is 2. The van der Waals surface area contributed by atoms with Crippen LogP contribution in [0.5, 0.6) is 11.5 Å². The lowest BCUT2D eigenvalue weighted by Crippen LogP contribution is -2.24. The van der Waals surface area contributed by atoms with E-state index in [9.17, 15) is 4.79 Å². The van der Waals surface area contributed by atoms with E-state index in [4.69, 9.17) is 14.0 Å². The fourth-order valence-corrected chi connectivity index (χ4v) is 3.34. The van der Waals surface area contributed by atoms with Gasteiger partial charge in [0.05, 0.1) is 14.2 Å². The molecular weight excluding hydrogens is 358 g/mol. The molecule has 1 amide bonds. The molecule has 7 nitrogen and oxygen atoms in total. The highest BCUT2D eigenvalue weighted by atomic mass is 16.5. The smallest absolute Gasteiger partial charge is 0.258 e. The Balaban J connectivity index is 1.55. The average molecular weight is 379 g/mol. The first-order valence-electron chi connectivity index (χ1n) is 9.02. The third-order valence-corrected chi connectivity index (χ3v) is 4.91. The van der Waals surface area contributed by atoms with Crippen LogP contribution in [0.2, 0.25) is 0 Å². The van der Waals surface area contributed by atoms with Gasteiger partial charge in [0.1, 0.15) is 0 Å². The Morgan fingerprint density at radius 2 is 1.82 bits per heavy atom. The van der Waals surface area contributed by atoms with E-state index < -0.39 is 0 Å². The van der Waals surface area contributed by atoms with Crippen LogP contribution in [-0.4, -0.2) is 36.8 Å². The summed E-state index contributed by atoms with van der Waals surface area (Å²) in [6.07, 6.45) is 0.360. The van der Waals surface area contributed by atoms with E-state index in [0.717, 1.165) is 16.8 Å². The van der Waals surface area contributed by atoms with Gasteiger partial charge in [-0.2, -0.15) is 4.98 Å². The molecule has 0 spiro atoms. The van der Waals surface area contributed by atoms with Crippen molar-refractivity contribution in [2.75, 3.05) is 25.7 Å². The fraction of sp³-hybridized carbons (Fsp3) is 0.286. The van der Waals surface area contributed by atoms with Gasteiger partial charge in [-0.25, -0.2) is 0 Å². The number of methoxy groups -OCH3 is 2. The van der Waals surface area contributed by atoms with Gasteiger partial charge in [0.15, 0.2) is 17.3 Å². The molecule has 0 N–H and O–H groups in total. The quantitative estimate of drug-likeness (QED) is 0.674. The fourth-order valence-electron chi connectivity index (χ4n) is 3.34. The zero-order valence-corrected chi connectivity index (χ0v) is 16.0. The number of aryl methyl sites for hydroxylation is 1. The highest BCUT2D eigenvalue weighted by Crippen LogP contribution is 2.34. The molecule has 1 fully saturated rings. The second kappa shape index (κ2) is 7.34. The summed E-state index contributed by atoms with van der Waals surface area (Å²) in [6, 6.07) is 13.3. The van der Waals surface area contributed by atoms with Crippen LogP contribution in [0.25, 0.3) is 11.5 Å². The number of benzene rings is 2. The summed E-state index contributed by atoms with van der Waals surface area (Å²) < 4.78 is 16.0. The molecule has 1 atom stereocenters. The molecular formula is C21H21N3O4. The predicted octanol–water partition coefficient (Wildman–Crippen LogP) is 3.58. The Kier molecular flexibility index (Phi) is 4.73. The molecule has 2 aromatic carbocycles. The van der Waals surface area contributed by atoms with Gasteiger partial charge >= 0.3 is 0 Å². The number of anilines is 1. The maximum absolute atomic E-state index is 12.5. The second-order valence-electron chi connectivity index (χ2n) is 6.77. The Morgan fingerprint density at radius 1 is 1.07 bits per heavy atom. The lowest BCUT2D eigenvalue weighted by atomic mass is 10.1. The van der Waals surface area contributed by atoms with Gasteiger partial charge in [0.2, 0.25) is 5.91 Å². The number of carbonyl (C=O) groups is 1. The van der Waals surface area contributed by atoms with Crippen molar-refractivity contribution < 1.29 is 18.8 Å². The van der Waals surface area contributed by atoms with Crippen LogP contribution >= 0.6 is 0 Å². The maximum atomic E-state index is 12.5. The Morgan fingerprint density at radius 3 is 2.54 bits per heavy atom. The minimum atomic E-state index is -0.105. The van der Waals surface area contributed by atoms with Crippen molar-refractivity contribution in [1.29, 1.82) is 0 Å². The Bertz CT molecular complexity index is 997. The summed E-state index contributed by atoms with van der Waals surface area (Å²) in [5, 5.41) is 4.11. The summed E-state index contributed by atoms with van der Waals surface area (Å²) >= 11 is 0. The number of rotatable bonds is 5. The molecule has 0 aliphatic carbocycles. The van der Waals surface area contributed by atoms with E-state index >= 15 is 0 Å². The van der Waals surface area contributed by atoms with Crippen LogP contribution in [0.4, 0.5) is 5.69 Å². The highest BCUT2D eigenvalue weighted by molar-refractivity contribution is 5.96. The number of hydrogen-bond donors (Lipinski definition) is 0. The largest absolute Gasteiger partial charge is 0.493 e. The van der Waals surface area contributed by atoms with Crippen molar-refractivity contribution >= 4 is 11.6 Å². The molecule has 0 saturated carbocycles. The van der Waals surface area contributed by atoms with Gasteiger partial charge in [-0.15, -0.1) is 0 Å². The summed E-state index contributed by atoms with van der Waals surface area (Å²) in [4.78, 5) is 18.8. The summed E-state index contributed by atoms with van der Waals surface area (Å²) in [7, 11) is 3.16. The topological polar surface area (TPSA) is 77.7 Å². The van der Waals surface area contributed by atoms with Gasteiger partial charge in [-0.05, 0) is 37.3 Å². The normalized spacial score (nSPS) is 16.5. The number of amides is 1. The van der Waals surface area contributed by atoms with E-state index in [0.29, 0.717) is 36.2 Å². The number of carbonyl (C=O) groups excluding carboxylic acids is 1. The number of nitrogens with zero attached hydrogens (tertiary/aromatic N) is 3. The van der Waals surface area contributed by atoms with Crippen LogP contribution in [0, 0.1) is 6.92 Å². The van der Waals surface area contributed by atoms with E-state index in [2.05, 4.69) is 10.1 Å². The molecule has 0 unspecified atom stereocenters. The number of hydrogen-bond acceptors (Lipinski definition) is 6. The molecule has 1 aliphatic rings. The van der Waals surface area contributed by atoms with Crippen molar-refractivity contribution in [2.24, 2.45) is 0 Å². The minimum absolute atomic E-state index is 0.0614. The van der Waals surface area contributed by atoms with Gasteiger partial charge in [0, 0.05) is 30.1 Å². The van der Waals surface area contributed by atoms with Crippen molar-refractivity contribution in [3.05, 3.63) is 53.9 Å². The van der Waals surface area contributed by atoms with Crippen LogP contribution < -0.4 is 14.4 Å². The zero-order chi connectivity index (χ0) is 19.7. The van der Waals surface area contributed by atoms with Gasteiger partial charge in [-0.1, -0.05) is 22.9 Å². The van der Waals surface area contributed by atoms with E-state index in [-0.39, 0.29) is 11.8 Å². The molecule has 7 heteroatoms. The van der Waals surface area contributed by atoms with Gasteiger partial charge in [0.25, 0.3) is 5.89 Å². The van der Waals surface area contributed by atoms with E-state index in [1.165, 1.54) is 0 Å². The Hall–Kier alpha value is -3.35. The first-order chi connectivity index (χ1) is 13.6. The second-order valence-corrected chi connectivity index (χ2v) is 6.77. The SMILES string of the molecule is COc1ccc(-c2nc([C@H]3CC(=O)N(c4ccc(C)cc4)C3)no2)cc1OC. The van der Waals surface area contributed by atoms with E-state index in [1.807, 2.05) is 37.3 Å². The first-order valence-corrected chi connectivity index (χ1v) is 9.02. The molecule has 1 aromatic heterocycles. The van der Waals surface area contributed by atoms with Crippen molar-refractivity contribution in [3.8, 4) is 23.0 Å². The number of ether oxygens (including phenoxy) is 2. The lowest BCUT2D eigenvalue weighted by molar-refractivity contribution is -0.117. The standard InChI is InChI=1S/C21H21N3O4/c1-13-4-7-16(8-5-13)24-12-15(11-19(24)25)20-22-21(28-23-20)14-6-9-17(26-2)18(10-14)27-3/h4-10,15H,11-12H2,1-3H3/t15-/m0/s1. The molecule has 3 aromatic rings. The molecule has 28 heavy (non-hydrogen) atoms. The predicted molar refractivity (Wildman–Crippen MR) is 104 cm³/mol. The zero-order valence-electron chi connectivity index (χ0n) is 16.0. The van der Waals surface area contributed by atoms with Crippen LogP contribution in [0.3, 0.4) is 0 Å². The van der Waals surface area contributed by atoms with E-state index in [1.54, 1.807) is 31.3 Å². The molecule has 4 rings (SSSR count). The van der Waals surface area contributed by atoms with Crippen molar-refractivity contribution in [2.45, 2.75) is 19.3 Å². The molecule has 1 aliphatic heterocycles. The molecule has 0 radical (unpaired) electrons. The highest BCUT2D eigenvalue weighted by Gasteiger charge is 2.34. The van der Waals surface area contributed by atoms with Crippen LogP contribution in [0.1, 0.15) is 23.7 Å². The minimum Gasteiger partial charge on any atom is -0.493 e. The summed E-state index contributed by atoms with van der Waals surface area (Å²) in [5.41, 5.74) is 2.78. The third-order valence-electron chi connectivity index (χ3n) is 4.91. The van der Waals surface area contributed by atoms with Crippen LogP contribution in [-0.2, 0) is 4.79 Å². The van der Waals surface area contributed by atoms with Gasteiger partial charge < -0.3 is 18.9 Å². The Labute approximate surface area is 162 Å². The van der Waals surface area contributed by atoms with Crippen molar-refractivity contribution in [1.82, 2.24) is 10.1 Å². The first kappa shape index (κ1) is 18.0. The molecule has 0 bridgehead atoms. The maximum Gasteiger partial charge on any atom is 0.258 e. The monoisotopic (exact) mass is 379 g/mol. The van der Waals surface area contributed by atoms with Crippen LogP contribution in [0.15, 0.2) is 47.0 Å². The molecule has 1 saturated heterocycles. The van der Waals surface area contributed by atoms with Gasteiger partial charge in [-0.3, -0.25) is 4.79 Å². The summed E-state index contributed by atoms with van der Waals surface area (Å²) in [6.45, 7) is 2.56. The summed E-state index contributed by atoms with van der Waals surface area (Å²) in [5.74, 6) is 2.09.